The van der Waals surface area contributed by atoms with Gasteiger partial charge in [0.1, 0.15) is 5.69 Å². The largest absolute Gasteiger partial charge is 0.369 e. The van der Waals surface area contributed by atoms with Crippen LogP contribution >= 0.6 is 12.2 Å². The minimum atomic E-state index is -0.486. The van der Waals surface area contributed by atoms with Crippen molar-refractivity contribution in [3.8, 4) is 0 Å². The lowest BCUT2D eigenvalue weighted by Crippen LogP contribution is -2.44. The number of thiocarbonyl (C=S) groups is 1. The molecule has 2 fully saturated rings. The summed E-state index contributed by atoms with van der Waals surface area (Å²) in [5, 5.41) is 17.4. The highest BCUT2D eigenvalue weighted by Crippen LogP contribution is 2.31. The molecule has 4 rings (SSSR count). The number of benzene rings is 2. The monoisotopic (exact) mass is 482 g/mol. The SMILES string of the molecule is CN1CCN(c2ccc(NC(=S)NC(=O)c3ccc(N4CCCCC4)c([N+](=O)[O-])c3)cc2)CC1. The second kappa shape index (κ2) is 10.8. The molecule has 0 aliphatic carbocycles. The summed E-state index contributed by atoms with van der Waals surface area (Å²) in [6, 6.07) is 12.5. The predicted octanol–water partition coefficient (Wildman–Crippen LogP) is 3.46. The van der Waals surface area contributed by atoms with E-state index in [0.29, 0.717) is 5.69 Å². The van der Waals surface area contributed by atoms with Gasteiger partial charge in [-0.1, -0.05) is 0 Å². The van der Waals surface area contributed by atoms with Crippen LogP contribution in [0.3, 0.4) is 0 Å². The van der Waals surface area contributed by atoms with Crippen LogP contribution < -0.4 is 20.4 Å². The Labute approximate surface area is 204 Å². The van der Waals surface area contributed by atoms with E-state index in [-0.39, 0.29) is 16.4 Å². The van der Waals surface area contributed by atoms with Gasteiger partial charge in [0.25, 0.3) is 11.6 Å². The van der Waals surface area contributed by atoms with Crippen LogP contribution in [0, 0.1) is 10.1 Å². The molecule has 0 bridgehead atoms. The zero-order valence-corrected chi connectivity index (χ0v) is 20.1. The Morgan fingerprint density at radius 2 is 1.62 bits per heavy atom. The molecule has 0 aromatic heterocycles. The van der Waals surface area contributed by atoms with Crippen molar-refractivity contribution in [3.05, 3.63) is 58.1 Å². The predicted molar refractivity (Wildman–Crippen MR) is 139 cm³/mol. The molecular weight excluding hydrogens is 452 g/mol. The number of anilines is 3. The first-order chi connectivity index (χ1) is 16.4. The molecule has 2 aliphatic heterocycles. The molecule has 2 N–H and O–H groups in total. The Balaban J connectivity index is 1.37. The van der Waals surface area contributed by atoms with Crippen LogP contribution in [0.4, 0.5) is 22.7 Å². The van der Waals surface area contributed by atoms with Crippen LogP contribution in [0.2, 0.25) is 0 Å². The van der Waals surface area contributed by atoms with E-state index in [9.17, 15) is 14.9 Å². The van der Waals surface area contributed by atoms with Crippen molar-refractivity contribution in [1.82, 2.24) is 10.2 Å². The summed E-state index contributed by atoms with van der Waals surface area (Å²) < 4.78 is 0. The van der Waals surface area contributed by atoms with E-state index in [0.717, 1.165) is 69.9 Å². The number of carbonyl (C=O) groups is 1. The Kier molecular flexibility index (Phi) is 7.59. The number of hydrogen-bond donors (Lipinski definition) is 2. The van der Waals surface area contributed by atoms with Crippen LogP contribution in [0.15, 0.2) is 42.5 Å². The third kappa shape index (κ3) is 5.81. The van der Waals surface area contributed by atoms with Gasteiger partial charge in [0.2, 0.25) is 0 Å². The molecule has 2 aliphatic rings. The molecular formula is C24H30N6O3S. The third-order valence-electron chi connectivity index (χ3n) is 6.35. The number of nitrogens with zero attached hydrogens (tertiary/aromatic N) is 4. The van der Waals surface area contributed by atoms with Gasteiger partial charge in [-0.25, -0.2) is 0 Å². The molecule has 1 amide bonds. The van der Waals surface area contributed by atoms with Gasteiger partial charge < -0.3 is 20.0 Å². The van der Waals surface area contributed by atoms with Crippen LogP contribution in [0.25, 0.3) is 0 Å². The van der Waals surface area contributed by atoms with E-state index in [2.05, 4.69) is 27.5 Å². The van der Waals surface area contributed by atoms with E-state index in [1.54, 1.807) is 12.1 Å². The molecule has 0 radical (unpaired) electrons. The van der Waals surface area contributed by atoms with Crippen molar-refractivity contribution in [2.75, 3.05) is 61.4 Å². The molecule has 2 heterocycles. The van der Waals surface area contributed by atoms with Gasteiger partial charge >= 0.3 is 0 Å². The fourth-order valence-electron chi connectivity index (χ4n) is 4.37. The van der Waals surface area contributed by atoms with Crippen molar-refractivity contribution in [2.24, 2.45) is 0 Å². The first-order valence-electron chi connectivity index (χ1n) is 11.6. The van der Waals surface area contributed by atoms with Gasteiger partial charge in [-0.05, 0) is 74.9 Å². The summed E-state index contributed by atoms with van der Waals surface area (Å²) in [4.78, 5) is 30.6. The first-order valence-corrected chi connectivity index (χ1v) is 12.0. The van der Waals surface area contributed by atoms with Gasteiger partial charge in [0.05, 0.1) is 4.92 Å². The van der Waals surface area contributed by atoms with E-state index < -0.39 is 10.8 Å². The van der Waals surface area contributed by atoms with Crippen LogP contribution in [0.5, 0.6) is 0 Å². The molecule has 180 valence electrons. The summed E-state index contributed by atoms with van der Waals surface area (Å²) >= 11 is 5.29. The number of nitro groups is 1. The number of nitro benzene ring substituents is 1. The van der Waals surface area contributed by atoms with Gasteiger partial charge in [0.15, 0.2) is 5.11 Å². The van der Waals surface area contributed by atoms with Crippen molar-refractivity contribution in [2.45, 2.75) is 19.3 Å². The minimum Gasteiger partial charge on any atom is -0.369 e. The fraction of sp³-hybridized carbons (Fsp3) is 0.417. The highest BCUT2D eigenvalue weighted by atomic mass is 32.1. The zero-order valence-electron chi connectivity index (χ0n) is 19.3. The van der Waals surface area contributed by atoms with Gasteiger partial charge in [-0.3, -0.25) is 20.2 Å². The Morgan fingerprint density at radius 3 is 2.26 bits per heavy atom. The summed E-state index contributed by atoms with van der Waals surface area (Å²) in [7, 11) is 2.13. The maximum absolute atomic E-state index is 12.7. The molecule has 0 saturated carbocycles. The average Bonchev–Trinajstić information content (AvgIpc) is 2.85. The van der Waals surface area contributed by atoms with Crippen molar-refractivity contribution < 1.29 is 9.72 Å². The van der Waals surface area contributed by atoms with E-state index in [1.807, 2.05) is 29.2 Å². The lowest BCUT2D eigenvalue weighted by atomic mass is 10.1. The Hall–Kier alpha value is -3.24. The van der Waals surface area contributed by atoms with Gasteiger partial charge in [-0.15, -0.1) is 0 Å². The summed E-state index contributed by atoms with van der Waals surface area (Å²) in [6.45, 7) is 5.61. The van der Waals surface area contributed by atoms with Crippen molar-refractivity contribution >= 4 is 46.0 Å². The fourth-order valence-corrected chi connectivity index (χ4v) is 4.58. The Morgan fingerprint density at radius 1 is 0.941 bits per heavy atom. The molecule has 0 unspecified atom stereocenters. The number of piperazine rings is 1. The normalized spacial score (nSPS) is 16.7. The average molecular weight is 483 g/mol. The second-order valence-corrected chi connectivity index (χ2v) is 9.16. The lowest BCUT2D eigenvalue weighted by molar-refractivity contribution is -0.384. The maximum Gasteiger partial charge on any atom is 0.293 e. The highest BCUT2D eigenvalue weighted by Gasteiger charge is 2.23. The number of carbonyl (C=O) groups excluding carboxylic acids is 1. The van der Waals surface area contributed by atoms with E-state index in [4.69, 9.17) is 12.2 Å². The molecule has 2 saturated heterocycles. The maximum atomic E-state index is 12.7. The summed E-state index contributed by atoms with van der Waals surface area (Å²) in [5.74, 6) is -0.486. The Bertz CT molecular complexity index is 1050. The second-order valence-electron chi connectivity index (χ2n) is 8.75. The first kappa shape index (κ1) is 23.9. The third-order valence-corrected chi connectivity index (χ3v) is 6.56. The standard InChI is InChI=1S/C24H30N6O3S/c1-27-13-15-28(16-14-27)20-8-6-19(7-9-20)25-24(34)26-23(31)18-5-10-21(22(17-18)30(32)33)29-11-3-2-4-12-29/h5-10,17H,2-4,11-16H2,1H3,(H2,25,26,31,34). The lowest BCUT2D eigenvalue weighted by Gasteiger charge is -2.34. The minimum absolute atomic E-state index is 0.0621. The molecule has 2 aromatic carbocycles. The summed E-state index contributed by atoms with van der Waals surface area (Å²) in [6.07, 6.45) is 3.15. The van der Waals surface area contributed by atoms with Crippen molar-refractivity contribution in [1.29, 1.82) is 0 Å². The summed E-state index contributed by atoms with van der Waals surface area (Å²) in [5.41, 5.74) is 2.60. The number of nitrogens with one attached hydrogen (secondary N) is 2. The van der Waals surface area contributed by atoms with Gasteiger partial charge in [-0.2, -0.15) is 0 Å². The van der Waals surface area contributed by atoms with Gasteiger partial charge in [0, 0.05) is 62.3 Å². The quantitative estimate of drug-likeness (QED) is 0.380. The smallest absolute Gasteiger partial charge is 0.293 e. The molecule has 9 nitrogen and oxygen atoms in total. The highest BCUT2D eigenvalue weighted by molar-refractivity contribution is 7.80. The number of amides is 1. The molecule has 0 spiro atoms. The molecule has 2 aromatic rings. The van der Waals surface area contributed by atoms with E-state index in [1.165, 1.54) is 6.07 Å². The molecule has 34 heavy (non-hydrogen) atoms. The number of piperidine rings is 1. The zero-order chi connectivity index (χ0) is 24.1. The van der Waals surface area contributed by atoms with E-state index >= 15 is 0 Å². The number of hydrogen-bond acceptors (Lipinski definition) is 7. The topological polar surface area (TPSA) is 94.0 Å². The molecule has 10 heteroatoms. The number of rotatable bonds is 5. The molecule has 0 atom stereocenters. The van der Waals surface area contributed by atoms with Crippen LogP contribution in [-0.2, 0) is 0 Å². The van der Waals surface area contributed by atoms with Crippen molar-refractivity contribution in [3.63, 3.8) is 0 Å². The van der Waals surface area contributed by atoms with Crippen LogP contribution in [-0.4, -0.2) is 67.2 Å². The van der Waals surface area contributed by atoms with Crippen LogP contribution in [0.1, 0.15) is 29.6 Å². The number of likely N-dealkylation sites (N-methyl/N-ethyl adjacent to an activating group) is 1.